The Kier molecular flexibility index (Phi) is 8.63. The second kappa shape index (κ2) is 10.8. The second-order valence-electron chi connectivity index (χ2n) is 7.73. The first-order valence-electron chi connectivity index (χ1n) is 9.77. The van der Waals surface area contributed by atoms with Crippen molar-refractivity contribution in [2.45, 2.75) is 45.6 Å². The first-order valence-corrected chi connectivity index (χ1v) is 10.7. The van der Waals surface area contributed by atoms with E-state index in [2.05, 4.69) is 35.3 Å². The van der Waals surface area contributed by atoms with Crippen LogP contribution in [0.4, 0.5) is 13.2 Å². The molecule has 1 amide bonds. The Balaban J connectivity index is 0.000000423. The van der Waals surface area contributed by atoms with Crippen molar-refractivity contribution in [3.63, 3.8) is 0 Å². The Hall–Kier alpha value is -2.40. The molecule has 0 spiro atoms. The van der Waals surface area contributed by atoms with Crippen molar-refractivity contribution in [3.05, 3.63) is 40.6 Å². The number of carboxylic acid groups (broad SMARTS) is 1. The van der Waals surface area contributed by atoms with Gasteiger partial charge in [0.1, 0.15) is 5.82 Å². The topological polar surface area (TPSA) is 78.7 Å². The quantitative estimate of drug-likeness (QED) is 0.742. The van der Waals surface area contributed by atoms with Gasteiger partial charge in [0.15, 0.2) is 0 Å². The molecule has 0 saturated carbocycles. The molecule has 0 bridgehead atoms. The highest BCUT2D eigenvalue weighted by Crippen LogP contribution is 2.19. The SMILES string of the molecule is CC(C)N(C)CC1CN(C(=O)Cc2cccs2)Cc2nccn2C1.O=C(O)C(F)(F)F. The zero-order valence-electron chi connectivity index (χ0n) is 17.7. The van der Waals surface area contributed by atoms with Crippen molar-refractivity contribution in [3.8, 4) is 0 Å². The number of carbonyl (C=O) groups excluding carboxylic acids is 1. The van der Waals surface area contributed by atoms with Crippen LogP contribution in [0.1, 0.15) is 24.5 Å². The van der Waals surface area contributed by atoms with E-state index in [1.807, 2.05) is 34.8 Å². The van der Waals surface area contributed by atoms with Gasteiger partial charge >= 0.3 is 12.1 Å². The van der Waals surface area contributed by atoms with Gasteiger partial charge in [0, 0.05) is 48.9 Å². The average molecular weight is 461 g/mol. The predicted octanol–water partition coefficient (Wildman–Crippen LogP) is 3.12. The molecule has 3 heterocycles. The molecule has 2 aromatic rings. The van der Waals surface area contributed by atoms with E-state index in [9.17, 15) is 18.0 Å². The number of hydrogen-bond acceptors (Lipinski definition) is 5. The molecule has 0 aromatic carbocycles. The van der Waals surface area contributed by atoms with Gasteiger partial charge in [-0.15, -0.1) is 11.3 Å². The number of aliphatic carboxylic acids is 1. The maximum atomic E-state index is 12.8. The van der Waals surface area contributed by atoms with Crippen molar-refractivity contribution >= 4 is 23.2 Å². The lowest BCUT2D eigenvalue weighted by molar-refractivity contribution is -0.192. The molecule has 1 aliphatic rings. The summed E-state index contributed by atoms with van der Waals surface area (Å²) in [5, 5.41) is 9.15. The van der Waals surface area contributed by atoms with Crippen LogP contribution in [-0.2, 0) is 29.1 Å². The smallest absolute Gasteiger partial charge is 0.475 e. The monoisotopic (exact) mass is 460 g/mol. The lowest BCUT2D eigenvalue weighted by atomic mass is 10.1. The average Bonchev–Trinajstić information content (AvgIpc) is 3.30. The highest BCUT2D eigenvalue weighted by atomic mass is 32.1. The number of carboxylic acids is 1. The fourth-order valence-electron chi connectivity index (χ4n) is 3.14. The predicted molar refractivity (Wildman–Crippen MR) is 111 cm³/mol. The normalized spacial score (nSPS) is 16.5. The number of rotatable bonds is 5. The first-order chi connectivity index (χ1) is 14.5. The number of imidazole rings is 1. The fourth-order valence-corrected chi connectivity index (χ4v) is 3.83. The Morgan fingerprint density at radius 1 is 1.35 bits per heavy atom. The Morgan fingerprint density at radius 3 is 2.58 bits per heavy atom. The van der Waals surface area contributed by atoms with Gasteiger partial charge in [-0.3, -0.25) is 4.79 Å². The van der Waals surface area contributed by atoms with Crippen LogP contribution in [0.2, 0.25) is 0 Å². The summed E-state index contributed by atoms with van der Waals surface area (Å²) in [6.45, 7) is 7.73. The van der Waals surface area contributed by atoms with Crippen molar-refractivity contribution < 1.29 is 27.9 Å². The number of fused-ring (bicyclic) bond motifs is 1. The zero-order chi connectivity index (χ0) is 23.2. The highest BCUT2D eigenvalue weighted by molar-refractivity contribution is 7.10. The van der Waals surface area contributed by atoms with E-state index in [0.717, 1.165) is 30.3 Å². The van der Waals surface area contributed by atoms with Crippen LogP contribution in [0.5, 0.6) is 0 Å². The minimum atomic E-state index is -5.08. The molecule has 0 fully saturated rings. The number of alkyl halides is 3. The summed E-state index contributed by atoms with van der Waals surface area (Å²) in [6.07, 6.45) is -0.720. The van der Waals surface area contributed by atoms with Crippen LogP contribution < -0.4 is 0 Å². The van der Waals surface area contributed by atoms with E-state index in [1.165, 1.54) is 0 Å². The lowest BCUT2D eigenvalue weighted by Gasteiger charge is -2.29. The molecule has 11 heteroatoms. The third-order valence-electron chi connectivity index (χ3n) is 5.00. The van der Waals surface area contributed by atoms with E-state index < -0.39 is 12.1 Å². The van der Waals surface area contributed by atoms with Crippen molar-refractivity contribution in [1.82, 2.24) is 19.4 Å². The van der Waals surface area contributed by atoms with Gasteiger partial charge in [-0.2, -0.15) is 13.2 Å². The van der Waals surface area contributed by atoms with E-state index in [1.54, 1.807) is 11.3 Å². The molecule has 1 atom stereocenters. The highest BCUT2D eigenvalue weighted by Gasteiger charge is 2.38. The van der Waals surface area contributed by atoms with Gasteiger partial charge in [0.25, 0.3) is 0 Å². The molecule has 0 radical (unpaired) electrons. The van der Waals surface area contributed by atoms with Crippen LogP contribution in [0.25, 0.3) is 0 Å². The molecule has 0 aliphatic carbocycles. The number of aromatic nitrogens is 2. The summed E-state index contributed by atoms with van der Waals surface area (Å²) < 4.78 is 33.9. The van der Waals surface area contributed by atoms with Crippen molar-refractivity contribution in [1.29, 1.82) is 0 Å². The molecule has 1 unspecified atom stereocenters. The number of thiophene rings is 1. The van der Waals surface area contributed by atoms with Gasteiger partial charge in [-0.1, -0.05) is 6.07 Å². The van der Waals surface area contributed by atoms with Crippen LogP contribution in [0.3, 0.4) is 0 Å². The summed E-state index contributed by atoms with van der Waals surface area (Å²) in [5.74, 6) is -1.15. The van der Waals surface area contributed by atoms with Crippen molar-refractivity contribution in [2.24, 2.45) is 5.92 Å². The molecule has 31 heavy (non-hydrogen) atoms. The van der Waals surface area contributed by atoms with Gasteiger partial charge < -0.3 is 19.5 Å². The molecule has 172 valence electrons. The summed E-state index contributed by atoms with van der Waals surface area (Å²) >= 11 is 1.65. The van der Waals surface area contributed by atoms with Crippen LogP contribution >= 0.6 is 11.3 Å². The minimum Gasteiger partial charge on any atom is -0.475 e. The summed E-state index contributed by atoms with van der Waals surface area (Å²) in [6, 6.07) is 4.54. The van der Waals surface area contributed by atoms with Gasteiger partial charge in [-0.25, -0.2) is 9.78 Å². The molecule has 3 rings (SSSR count). The number of carbonyl (C=O) groups is 2. The summed E-state index contributed by atoms with van der Waals surface area (Å²) in [5.41, 5.74) is 0. The van der Waals surface area contributed by atoms with Gasteiger partial charge in [0.05, 0.1) is 13.0 Å². The van der Waals surface area contributed by atoms with E-state index in [4.69, 9.17) is 9.90 Å². The number of hydrogen-bond donors (Lipinski definition) is 1. The molecular formula is C20H27F3N4O3S. The van der Waals surface area contributed by atoms with E-state index in [0.29, 0.717) is 24.9 Å². The third kappa shape index (κ3) is 7.66. The second-order valence-corrected chi connectivity index (χ2v) is 8.76. The van der Waals surface area contributed by atoms with Crippen LogP contribution in [0, 0.1) is 5.92 Å². The Bertz CT molecular complexity index is 852. The van der Waals surface area contributed by atoms with Crippen LogP contribution in [-0.4, -0.2) is 68.7 Å². The minimum absolute atomic E-state index is 0.200. The Labute approximate surface area is 183 Å². The standard InChI is InChI=1S/C18H26N4OS.C2HF3O2/c1-14(2)20(3)10-15-11-21-7-6-19-17(21)13-22(12-15)18(23)9-16-5-4-8-24-16;3-2(4,5)1(6)7/h4-8,14-15H,9-13H2,1-3H3;(H,6,7). The summed E-state index contributed by atoms with van der Waals surface area (Å²) in [4.78, 5) is 31.6. The molecule has 0 saturated heterocycles. The van der Waals surface area contributed by atoms with Gasteiger partial charge in [-0.05, 0) is 32.3 Å². The molecule has 7 nitrogen and oxygen atoms in total. The molecule has 2 aromatic heterocycles. The largest absolute Gasteiger partial charge is 0.490 e. The first kappa shape index (κ1) is 24.9. The van der Waals surface area contributed by atoms with E-state index in [-0.39, 0.29) is 5.91 Å². The molecule has 1 aliphatic heterocycles. The number of nitrogens with zero attached hydrogens (tertiary/aromatic N) is 4. The molecular weight excluding hydrogens is 433 g/mol. The summed E-state index contributed by atoms with van der Waals surface area (Å²) in [7, 11) is 2.15. The number of halogens is 3. The van der Waals surface area contributed by atoms with E-state index >= 15 is 0 Å². The molecule has 1 N–H and O–H groups in total. The lowest BCUT2D eigenvalue weighted by Crippen LogP contribution is -2.40. The Morgan fingerprint density at radius 2 is 2.03 bits per heavy atom. The third-order valence-corrected chi connectivity index (χ3v) is 5.87. The number of amides is 1. The zero-order valence-corrected chi connectivity index (χ0v) is 18.5. The van der Waals surface area contributed by atoms with Crippen molar-refractivity contribution in [2.75, 3.05) is 20.1 Å². The van der Waals surface area contributed by atoms with Gasteiger partial charge in [0.2, 0.25) is 5.91 Å². The maximum Gasteiger partial charge on any atom is 0.490 e. The fraction of sp³-hybridized carbons (Fsp3) is 0.550. The van der Waals surface area contributed by atoms with Crippen LogP contribution in [0.15, 0.2) is 29.9 Å². The maximum absolute atomic E-state index is 12.8.